The number of hydrogen-bond donors (Lipinski definition) is 1. The first kappa shape index (κ1) is 22.9. The number of rotatable bonds is 2. The van der Waals surface area contributed by atoms with Crippen molar-refractivity contribution in [3.8, 4) is 11.1 Å². The second-order valence-corrected chi connectivity index (χ2v) is 10.1. The Morgan fingerprint density at radius 3 is 2.51 bits per heavy atom. The predicted molar refractivity (Wildman–Crippen MR) is 137 cm³/mol. The molecule has 0 atom stereocenters. The van der Waals surface area contributed by atoms with Crippen molar-refractivity contribution in [1.82, 2.24) is 24.6 Å². The molecule has 2 aromatic heterocycles. The van der Waals surface area contributed by atoms with E-state index in [4.69, 9.17) is 9.72 Å². The van der Waals surface area contributed by atoms with Gasteiger partial charge in [-0.25, -0.2) is 9.78 Å². The van der Waals surface area contributed by atoms with Crippen LogP contribution in [0.2, 0.25) is 0 Å². The fourth-order valence-electron chi connectivity index (χ4n) is 4.48. The van der Waals surface area contributed by atoms with Gasteiger partial charge in [0, 0.05) is 44.8 Å². The van der Waals surface area contributed by atoms with Crippen LogP contribution in [-0.2, 0) is 11.8 Å². The molecular formula is C26H30N6O3. The molecular weight excluding hydrogens is 444 g/mol. The van der Waals surface area contributed by atoms with Gasteiger partial charge in [0.05, 0.1) is 16.4 Å². The molecule has 0 radical (unpaired) electrons. The molecule has 0 unspecified atom stereocenters. The summed E-state index contributed by atoms with van der Waals surface area (Å²) in [6, 6.07) is 9.96. The van der Waals surface area contributed by atoms with Crippen molar-refractivity contribution in [2.24, 2.45) is 7.05 Å². The lowest BCUT2D eigenvalue weighted by Gasteiger charge is -2.35. The maximum absolute atomic E-state index is 12.8. The smallest absolute Gasteiger partial charge is 0.410 e. The molecule has 9 heteroatoms. The number of hydrogen-bond acceptors (Lipinski definition) is 6. The first-order valence-electron chi connectivity index (χ1n) is 11.8. The first-order valence-corrected chi connectivity index (χ1v) is 11.8. The van der Waals surface area contributed by atoms with E-state index in [0.717, 1.165) is 27.6 Å². The quantitative estimate of drug-likeness (QED) is 0.474. The summed E-state index contributed by atoms with van der Waals surface area (Å²) in [7, 11) is 1.92. The van der Waals surface area contributed by atoms with E-state index in [0.29, 0.717) is 43.0 Å². The second-order valence-electron chi connectivity index (χ2n) is 10.1. The van der Waals surface area contributed by atoms with Crippen LogP contribution in [0.5, 0.6) is 0 Å². The van der Waals surface area contributed by atoms with Gasteiger partial charge in [-0.3, -0.25) is 14.5 Å². The number of ether oxygens (including phenoxy) is 1. The number of carbonyl (C=O) groups excluding carboxylic acids is 1. The maximum Gasteiger partial charge on any atom is 0.410 e. The molecule has 0 aliphatic carbocycles. The van der Waals surface area contributed by atoms with Gasteiger partial charge >= 0.3 is 6.09 Å². The number of fused-ring (bicyclic) bond motifs is 2. The third kappa shape index (κ3) is 4.58. The van der Waals surface area contributed by atoms with E-state index in [9.17, 15) is 9.59 Å². The van der Waals surface area contributed by atoms with Gasteiger partial charge < -0.3 is 14.5 Å². The van der Waals surface area contributed by atoms with Crippen LogP contribution in [-0.4, -0.2) is 62.5 Å². The highest BCUT2D eigenvalue weighted by molar-refractivity contribution is 5.90. The van der Waals surface area contributed by atoms with Crippen molar-refractivity contribution in [2.45, 2.75) is 33.3 Å². The predicted octanol–water partition coefficient (Wildman–Crippen LogP) is 3.84. The zero-order valence-corrected chi connectivity index (χ0v) is 20.8. The number of benzene rings is 2. The molecule has 5 rings (SSSR count). The van der Waals surface area contributed by atoms with Crippen molar-refractivity contribution in [3.63, 3.8) is 0 Å². The monoisotopic (exact) mass is 474 g/mol. The van der Waals surface area contributed by atoms with E-state index in [1.54, 1.807) is 4.90 Å². The second kappa shape index (κ2) is 8.41. The van der Waals surface area contributed by atoms with Crippen LogP contribution in [0.15, 0.2) is 41.3 Å². The third-order valence-corrected chi connectivity index (χ3v) is 6.17. The number of nitrogens with one attached hydrogen (secondary N) is 1. The van der Waals surface area contributed by atoms with Crippen LogP contribution in [0, 0.1) is 6.92 Å². The Morgan fingerprint density at radius 2 is 1.80 bits per heavy atom. The third-order valence-electron chi connectivity index (χ3n) is 6.17. The largest absolute Gasteiger partial charge is 0.444 e. The number of amides is 1. The first-order chi connectivity index (χ1) is 16.6. The van der Waals surface area contributed by atoms with Crippen molar-refractivity contribution >= 4 is 33.8 Å². The molecule has 1 aliphatic heterocycles. The van der Waals surface area contributed by atoms with Crippen LogP contribution in [0.1, 0.15) is 26.3 Å². The summed E-state index contributed by atoms with van der Waals surface area (Å²) in [6.45, 7) is 9.74. The van der Waals surface area contributed by atoms with E-state index < -0.39 is 5.60 Å². The highest BCUT2D eigenvalue weighted by Gasteiger charge is 2.27. The molecule has 1 fully saturated rings. The van der Waals surface area contributed by atoms with E-state index in [1.807, 2.05) is 61.8 Å². The zero-order chi connectivity index (χ0) is 24.9. The highest BCUT2D eigenvalue weighted by Crippen LogP contribution is 2.28. The van der Waals surface area contributed by atoms with Gasteiger partial charge in [-0.05, 0) is 68.7 Å². The van der Waals surface area contributed by atoms with Crippen LogP contribution in [0.3, 0.4) is 0 Å². The minimum absolute atomic E-state index is 0.176. The molecule has 1 saturated heterocycles. The van der Waals surface area contributed by atoms with E-state index >= 15 is 0 Å². The fraction of sp³-hybridized carbons (Fsp3) is 0.385. The molecule has 4 aromatic rings. The normalized spacial score (nSPS) is 14.7. The van der Waals surface area contributed by atoms with Gasteiger partial charge in [0.15, 0.2) is 0 Å². The minimum atomic E-state index is -0.531. The van der Waals surface area contributed by atoms with Gasteiger partial charge in [-0.15, -0.1) is 0 Å². The molecule has 1 amide bonds. The SMILES string of the molecule is Cc1cc(-c2ccc3c(=O)[nH]c(N4CCN(C(=O)OC(C)(C)C)CC4)nc3c2)cc2cn(C)nc12. The molecule has 0 bridgehead atoms. The van der Waals surface area contributed by atoms with Gasteiger partial charge in [0.1, 0.15) is 5.60 Å². The number of aromatic amines is 1. The van der Waals surface area contributed by atoms with Gasteiger partial charge in [-0.2, -0.15) is 5.10 Å². The van der Waals surface area contributed by atoms with Gasteiger partial charge in [0.25, 0.3) is 5.56 Å². The molecule has 35 heavy (non-hydrogen) atoms. The highest BCUT2D eigenvalue weighted by atomic mass is 16.6. The fourth-order valence-corrected chi connectivity index (χ4v) is 4.48. The lowest BCUT2D eigenvalue weighted by Crippen LogP contribution is -2.50. The Morgan fingerprint density at radius 1 is 1.06 bits per heavy atom. The van der Waals surface area contributed by atoms with Crippen molar-refractivity contribution in [1.29, 1.82) is 0 Å². The summed E-state index contributed by atoms with van der Waals surface area (Å²) in [5.41, 5.74) is 4.06. The molecule has 0 spiro atoms. The van der Waals surface area contributed by atoms with Crippen molar-refractivity contribution in [2.75, 3.05) is 31.1 Å². The number of carbonyl (C=O) groups is 1. The van der Waals surface area contributed by atoms with Crippen molar-refractivity contribution < 1.29 is 9.53 Å². The summed E-state index contributed by atoms with van der Waals surface area (Å²) in [6.07, 6.45) is 1.69. The lowest BCUT2D eigenvalue weighted by atomic mass is 10.00. The summed E-state index contributed by atoms with van der Waals surface area (Å²) < 4.78 is 7.29. The molecule has 1 N–H and O–H groups in total. The van der Waals surface area contributed by atoms with E-state index in [-0.39, 0.29) is 11.7 Å². The van der Waals surface area contributed by atoms with Crippen molar-refractivity contribution in [3.05, 3.63) is 52.4 Å². The number of piperazine rings is 1. The molecule has 1 aliphatic rings. The summed E-state index contributed by atoms with van der Waals surface area (Å²) in [5.74, 6) is 0.516. The number of H-pyrrole nitrogens is 1. The number of aryl methyl sites for hydroxylation is 2. The number of nitrogens with zero attached hydrogens (tertiary/aromatic N) is 5. The van der Waals surface area contributed by atoms with Gasteiger partial charge in [-0.1, -0.05) is 6.07 Å². The van der Waals surface area contributed by atoms with Gasteiger partial charge in [0.2, 0.25) is 5.95 Å². The maximum atomic E-state index is 12.8. The number of anilines is 1. The summed E-state index contributed by atoms with van der Waals surface area (Å²) >= 11 is 0. The Balaban J connectivity index is 1.42. The summed E-state index contributed by atoms with van der Waals surface area (Å²) in [4.78, 5) is 36.6. The van der Waals surface area contributed by atoms with Crippen LogP contribution < -0.4 is 10.5 Å². The Labute approximate surface area is 203 Å². The topological polar surface area (TPSA) is 96.4 Å². The molecule has 0 saturated carbocycles. The van der Waals surface area contributed by atoms with E-state index in [2.05, 4.69) is 29.1 Å². The molecule has 9 nitrogen and oxygen atoms in total. The summed E-state index contributed by atoms with van der Waals surface area (Å²) in [5, 5.41) is 6.15. The lowest BCUT2D eigenvalue weighted by molar-refractivity contribution is 0.0240. The minimum Gasteiger partial charge on any atom is -0.444 e. The Bertz CT molecular complexity index is 1490. The molecule has 2 aromatic carbocycles. The Hall–Kier alpha value is -3.88. The van der Waals surface area contributed by atoms with Crippen LogP contribution >= 0.6 is 0 Å². The van der Waals surface area contributed by atoms with Crippen LogP contribution in [0.25, 0.3) is 32.9 Å². The van der Waals surface area contributed by atoms with E-state index in [1.165, 1.54) is 0 Å². The molecule has 3 heterocycles. The average Bonchev–Trinajstić information content (AvgIpc) is 3.18. The average molecular weight is 475 g/mol. The number of aromatic nitrogens is 4. The Kier molecular flexibility index (Phi) is 5.50. The van der Waals surface area contributed by atoms with Crippen LogP contribution in [0.4, 0.5) is 10.7 Å². The molecule has 182 valence electrons. The standard InChI is InChI=1S/C26H30N6O3/c1-16-12-18(13-19-15-30(5)29-22(16)19)17-6-7-20-21(14-17)27-24(28-23(20)33)31-8-10-32(11-9-31)25(34)35-26(2,3)4/h6-7,12-15H,8-11H2,1-5H3,(H,27,28,33). The zero-order valence-electron chi connectivity index (χ0n) is 20.8.